The molecule has 2 fully saturated rings. The average Bonchev–Trinajstić information content (AvgIpc) is 2.40. The van der Waals surface area contributed by atoms with Crippen LogP contribution in [0.15, 0.2) is 0 Å². The Hall–Kier alpha value is -0.360. The molecule has 2 saturated heterocycles. The quantitative estimate of drug-likeness (QED) is 0.800. The molecule has 3 unspecified atom stereocenters. The van der Waals surface area contributed by atoms with Gasteiger partial charge in [0.1, 0.15) is 0 Å². The summed E-state index contributed by atoms with van der Waals surface area (Å²) in [5.41, 5.74) is 0. The van der Waals surface area contributed by atoms with Crippen molar-refractivity contribution in [2.75, 3.05) is 39.4 Å². The summed E-state index contributed by atoms with van der Waals surface area (Å²) in [6.45, 7) is 9.72. The first kappa shape index (κ1) is 17.7. The molecule has 2 rings (SSSR count). The van der Waals surface area contributed by atoms with Crippen LogP contribution in [0.2, 0.25) is 0 Å². The van der Waals surface area contributed by atoms with Crippen molar-refractivity contribution in [1.82, 2.24) is 15.5 Å². The molecule has 3 atom stereocenters. The van der Waals surface area contributed by atoms with E-state index in [1.165, 1.54) is 0 Å². The van der Waals surface area contributed by atoms with Crippen molar-refractivity contribution in [3.8, 4) is 0 Å². The molecule has 2 aliphatic heterocycles. The van der Waals surface area contributed by atoms with Crippen molar-refractivity contribution in [2.24, 2.45) is 5.92 Å². The zero-order valence-electron chi connectivity index (χ0n) is 12.6. The van der Waals surface area contributed by atoms with Crippen molar-refractivity contribution in [1.29, 1.82) is 0 Å². The van der Waals surface area contributed by atoms with Crippen LogP contribution in [0.3, 0.4) is 0 Å². The number of nitrogens with zero attached hydrogens (tertiary/aromatic N) is 1. The van der Waals surface area contributed by atoms with Gasteiger partial charge in [-0.1, -0.05) is 0 Å². The second kappa shape index (κ2) is 8.82. The van der Waals surface area contributed by atoms with Gasteiger partial charge in [-0.05, 0) is 33.2 Å². The number of hydrogen-bond acceptors (Lipinski definition) is 4. The Kier molecular flexibility index (Phi) is 7.80. The van der Waals surface area contributed by atoms with E-state index in [9.17, 15) is 4.79 Å². The molecule has 0 aromatic carbocycles. The van der Waals surface area contributed by atoms with Crippen LogP contribution in [-0.2, 0) is 9.53 Å². The fourth-order valence-corrected chi connectivity index (χ4v) is 2.97. The Labute approximate surface area is 128 Å². The van der Waals surface area contributed by atoms with Crippen LogP contribution in [0.1, 0.15) is 26.7 Å². The molecule has 2 aliphatic rings. The highest BCUT2D eigenvalue weighted by molar-refractivity contribution is 5.85. The minimum atomic E-state index is 0. The molecule has 118 valence electrons. The maximum absolute atomic E-state index is 12.3. The molecule has 0 aromatic heterocycles. The van der Waals surface area contributed by atoms with Crippen molar-refractivity contribution in [3.05, 3.63) is 0 Å². The van der Waals surface area contributed by atoms with E-state index in [4.69, 9.17) is 4.74 Å². The summed E-state index contributed by atoms with van der Waals surface area (Å²) >= 11 is 0. The largest absolute Gasteiger partial charge is 0.379 e. The third kappa shape index (κ3) is 5.20. The number of ether oxygens (including phenoxy) is 1. The van der Waals surface area contributed by atoms with E-state index in [0.29, 0.717) is 6.04 Å². The van der Waals surface area contributed by atoms with Gasteiger partial charge in [0, 0.05) is 31.7 Å². The SMILES string of the molecule is CC(CN1CCOCC1)NC(=O)C1CCCNC1C.Cl. The van der Waals surface area contributed by atoms with E-state index in [0.717, 1.165) is 52.2 Å². The summed E-state index contributed by atoms with van der Waals surface area (Å²) in [7, 11) is 0. The Bertz CT molecular complexity index is 298. The second-order valence-corrected chi connectivity index (χ2v) is 5.81. The summed E-state index contributed by atoms with van der Waals surface area (Å²) in [4.78, 5) is 14.6. The molecular formula is C14H28ClN3O2. The predicted molar refractivity (Wildman–Crippen MR) is 82.3 cm³/mol. The van der Waals surface area contributed by atoms with Crippen molar-refractivity contribution in [2.45, 2.75) is 38.8 Å². The van der Waals surface area contributed by atoms with Gasteiger partial charge in [0.2, 0.25) is 5.91 Å². The Morgan fingerprint density at radius 2 is 2.15 bits per heavy atom. The lowest BCUT2D eigenvalue weighted by atomic mass is 9.91. The molecule has 0 aromatic rings. The van der Waals surface area contributed by atoms with Crippen LogP contribution in [0.25, 0.3) is 0 Å². The number of nitrogens with one attached hydrogen (secondary N) is 2. The predicted octanol–water partition coefficient (Wildman–Crippen LogP) is 0.633. The van der Waals surface area contributed by atoms with E-state index in [2.05, 4.69) is 29.4 Å². The molecule has 0 aliphatic carbocycles. The second-order valence-electron chi connectivity index (χ2n) is 5.81. The van der Waals surface area contributed by atoms with Crippen molar-refractivity contribution in [3.63, 3.8) is 0 Å². The molecule has 20 heavy (non-hydrogen) atoms. The van der Waals surface area contributed by atoms with Gasteiger partial charge >= 0.3 is 0 Å². The summed E-state index contributed by atoms with van der Waals surface area (Å²) in [5.74, 6) is 0.335. The highest BCUT2D eigenvalue weighted by Crippen LogP contribution is 2.16. The number of halogens is 1. The lowest BCUT2D eigenvalue weighted by molar-refractivity contribution is -0.127. The fourth-order valence-electron chi connectivity index (χ4n) is 2.97. The number of carbonyl (C=O) groups excluding carboxylic acids is 1. The molecular weight excluding hydrogens is 278 g/mol. The monoisotopic (exact) mass is 305 g/mol. The number of rotatable bonds is 4. The first-order valence-corrected chi connectivity index (χ1v) is 7.50. The Morgan fingerprint density at radius 3 is 2.80 bits per heavy atom. The zero-order chi connectivity index (χ0) is 13.7. The van der Waals surface area contributed by atoms with Crippen molar-refractivity contribution >= 4 is 18.3 Å². The molecule has 0 spiro atoms. The normalized spacial score (nSPS) is 29.3. The Balaban J connectivity index is 0.00000200. The molecule has 0 radical (unpaired) electrons. The molecule has 0 bridgehead atoms. The molecule has 2 heterocycles. The zero-order valence-corrected chi connectivity index (χ0v) is 13.4. The number of carbonyl (C=O) groups is 1. The van der Waals surface area contributed by atoms with E-state index in [1.807, 2.05) is 0 Å². The Morgan fingerprint density at radius 1 is 1.45 bits per heavy atom. The third-order valence-electron chi connectivity index (χ3n) is 4.12. The standard InChI is InChI=1S/C14H27N3O2.ClH/c1-11(10-17-6-8-19-9-7-17)16-14(18)13-4-3-5-15-12(13)2;/h11-13,15H,3-10H2,1-2H3,(H,16,18);1H. The lowest BCUT2D eigenvalue weighted by Gasteiger charge is -2.32. The highest BCUT2D eigenvalue weighted by atomic mass is 35.5. The number of hydrogen-bond donors (Lipinski definition) is 2. The third-order valence-corrected chi connectivity index (χ3v) is 4.12. The topological polar surface area (TPSA) is 53.6 Å². The maximum atomic E-state index is 12.3. The summed E-state index contributed by atoms with van der Waals surface area (Å²) in [5, 5.41) is 6.55. The minimum absolute atomic E-state index is 0. The molecule has 0 saturated carbocycles. The van der Waals surface area contributed by atoms with Gasteiger partial charge in [0.15, 0.2) is 0 Å². The van der Waals surface area contributed by atoms with Gasteiger partial charge < -0.3 is 15.4 Å². The molecule has 6 heteroatoms. The summed E-state index contributed by atoms with van der Waals surface area (Å²) < 4.78 is 5.33. The number of piperidine rings is 1. The van der Waals surface area contributed by atoms with Gasteiger partial charge in [0.25, 0.3) is 0 Å². The van der Waals surface area contributed by atoms with E-state index in [-0.39, 0.29) is 30.3 Å². The van der Waals surface area contributed by atoms with Gasteiger partial charge in [-0.2, -0.15) is 0 Å². The van der Waals surface area contributed by atoms with E-state index < -0.39 is 0 Å². The first-order valence-electron chi connectivity index (χ1n) is 7.50. The van der Waals surface area contributed by atoms with Crippen LogP contribution in [0.5, 0.6) is 0 Å². The summed E-state index contributed by atoms with van der Waals surface area (Å²) in [6.07, 6.45) is 2.10. The van der Waals surface area contributed by atoms with Crippen LogP contribution >= 0.6 is 12.4 Å². The molecule has 5 nitrogen and oxygen atoms in total. The van der Waals surface area contributed by atoms with Crippen molar-refractivity contribution < 1.29 is 9.53 Å². The number of morpholine rings is 1. The van der Waals surface area contributed by atoms with Gasteiger partial charge in [-0.25, -0.2) is 0 Å². The van der Waals surface area contributed by atoms with Crippen LogP contribution in [0, 0.1) is 5.92 Å². The average molecular weight is 306 g/mol. The molecule has 1 amide bonds. The number of amides is 1. The van der Waals surface area contributed by atoms with Gasteiger partial charge in [0.05, 0.1) is 19.1 Å². The minimum Gasteiger partial charge on any atom is -0.379 e. The molecule has 2 N–H and O–H groups in total. The lowest BCUT2D eigenvalue weighted by Crippen LogP contribution is -2.51. The fraction of sp³-hybridized carbons (Fsp3) is 0.929. The van der Waals surface area contributed by atoms with Crippen LogP contribution < -0.4 is 10.6 Å². The summed E-state index contributed by atoms with van der Waals surface area (Å²) in [6, 6.07) is 0.504. The van der Waals surface area contributed by atoms with E-state index >= 15 is 0 Å². The van der Waals surface area contributed by atoms with Gasteiger partial charge in [-0.15, -0.1) is 12.4 Å². The highest BCUT2D eigenvalue weighted by Gasteiger charge is 2.28. The van der Waals surface area contributed by atoms with Gasteiger partial charge in [-0.3, -0.25) is 9.69 Å². The van der Waals surface area contributed by atoms with E-state index in [1.54, 1.807) is 0 Å². The van der Waals surface area contributed by atoms with Crippen LogP contribution in [0.4, 0.5) is 0 Å². The smallest absolute Gasteiger partial charge is 0.224 e. The van der Waals surface area contributed by atoms with Crippen LogP contribution in [-0.4, -0.2) is 62.3 Å². The first-order chi connectivity index (χ1) is 9.16. The maximum Gasteiger partial charge on any atom is 0.224 e.